The summed E-state index contributed by atoms with van der Waals surface area (Å²) in [4.78, 5) is 0. The van der Waals surface area contributed by atoms with E-state index in [-0.39, 0.29) is 11.9 Å². The van der Waals surface area contributed by atoms with Crippen molar-refractivity contribution in [2.45, 2.75) is 32.9 Å². The average molecular weight is 291 g/mol. The first-order valence-electron chi connectivity index (χ1n) is 7.15. The van der Waals surface area contributed by atoms with E-state index < -0.39 is 0 Å². The van der Waals surface area contributed by atoms with E-state index in [1.165, 1.54) is 6.07 Å². The number of hydrogen-bond acceptors (Lipinski definition) is 3. The minimum atomic E-state index is -0.239. The van der Waals surface area contributed by atoms with Gasteiger partial charge in [-0.05, 0) is 43.7 Å². The third kappa shape index (κ3) is 3.08. The first kappa shape index (κ1) is 15.5. The number of aromatic nitrogens is 2. The van der Waals surface area contributed by atoms with E-state index in [1.807, 2.05) is 18.7 Å². The second-order valence-electron chi connectivity index (χ2n) is 5.04. The van der Waals surface area contributed by atoms with Gasteiger partial charge >= 0.3 is 0 Å². The van der Waals surface area contributed by atoms with Gasteiger partial charge in [0.2, 0.25) is 0 Å². The van der Waals surface area contributed by atoms with Gasteiger partial charge < -0.3 is 10.1 Å². The van der Waals surface area contributed by atoms with E-state index in [9.17, 15) is 4.39 Å². The Hall–Kier alpha value is -1.88. The number of methoxy groups -OCH3 is 1. The van der Waals surface area contributed by atoms with Gasteiger partial charge in [-0.3, -0.25) is 4.68 Å². The van der Waals surface area contributed by atoms with Crippen molar-refractivity contribution in [1.29, 1.82) is 0 Å². The van der Waals surface area contributed by atoms with Crippen LogP contribution >= 0.6 is 0 Å². The summed E-state index contributed by atoms with van der Waals surface area (Å²) in [5.74, 6) is 0.475. The zero-order valence-electron chi connectivity index (χ0n) is 13.0. The smallest absolute Gasteiger partial charge is 0.161 e. The molecule has 4 nitrogen and oxygen atoms in total. The number of aryl methyl sites for hydroxylation is 2. The normalized spacial score (nSPS) is 12.4. The predicted molar refractivity (Wildman–Crippen MR) is 81.1 cm³/mol. The van der Waals surface area contributed by atoms with Gasteiger partial charge in [0.1, 0.15) is 11.5 Å². The third-order valence-corrected chi connectivity index (χ3v) is 3.61. The lowest BCUT2D eigenvalue weighted by atomic mass is 9.98. The second-order valence-corrected chi connectivity index (χ2v) is 5.04. The molecule has 0 saturated heterocycles. The van der Waals surface area contributed by atoms with Crippen LogP contribution in [-0.4, -0.2) is 23.9 Å². The van der Waals surface area contributed by atoms with E-state index >= 15 is 0 Å². The summed E-state index contributed by atoms with van der Waals surface area (Å²) in [6.07, 6.45) is 2.68. The summed E-state index contributed by atoms with van der Waals surface area (Å²) in [5, 5.41) is 7.64. The number of ether oxygens (including phenoxy) is 1. The fourth-order valence-electron chi connectivity index (χ4n) is 2.58. The van der Waals surface area contributed by atoms with Gasteiger partial charge in [0, 0.05) is 6.54 Å². The highest BCUT2D eigenvalue weighted by molar-refractivity contribution is 5.40. The molecular formula is C16H22FN3O. The molecule has 1 aromatic heterocycles. The van der Waals surface area contributed by atoms with Crippen LogP contribution in [0.5, 0.6) is 5.75 Å². The second kappa shape index (κ2) is 6.72. The SMILES string of the molecule is CCCn1ncc(OC)c1C(NC)c1cc(F)ccc1C. The van der Waals surface area contributed by atoms with Crippen LogP contribution in [0, 0.1) is 12.7 Å². The minimum Gasteiger partial charge on any atom is -0.493 e. The van der Waals surface area contributed by atoms with Crippen molar-refractivity contribution < 1.29 is 9.13 Å². The molecule has 114 valence electrons. The van der Waals surface area contributed by atoms with E-state index in [1.54, 1.807) is 25.4 Å². The Bertz CT molecular complexity index is 610. The molecule has 0 saturated carbocycles. The Labute approximate surface area is 124 Å². The van der Waals surface area contributed by atoms with Crippen molar-refractivity contribution >= 4 is 0 Å². The van der Waals surface area contributed by atoms with Crippen LogP contribution in [-0.2, 0) is 6.54 Å². The van der Waals surface area contributed by atoms with Crippen LogP contribution in [0.25, 0.3) is 0 Å². The molecule has 0 fully saturated rings. The van der Waals surface area contributed by atoms with Crippen molar-refractivity contribution in [1.82, 2.24) is 15.1 Å². The van der Waals surface area contributed by atoms with Gasteiger partial charge in [0.15, 0.2) is 5.75 Å². The fourth-order valence-corrected chi connectivity index (χ4v) is 2.58. The summed E-state index contributed by atoms with van der Waals surface area (Å²) >= 11 is 0. The topological polar surface area (TPSA) is 39.1 Å². The number of nitrogens with zero attached hydrogens (tertiary/aromatic N) is 2. The van der Waals surface area contributed by atoms with Crippen LogP contribution in [0.15, 0.2) is 24.4 Å². The lowest BCUT2D eigenvalue weighted by Crippen LogP contribution is -2.23. The van der Waals surface area contributed by atoms with Gasteiger partial charge in [-0.25, -0.2) is 4.39 Å². The fraction of sp³-hybridized carbons (Fsp3) is 0.438. The standard InChI is InChI=1S/C16H22FN3O/c1-5-8-20-16(14(21-4)10-19-20)15(18-3)13-9-12(17)7-6-11(13)2/h6-7,9-10,15,18H,5,8H2,1-4H3. The van der Waals surface area contributed by atoms with E-state index in [2.05, 4.69) is 17.3 Å². The molecule has 21 heavy (non-hydrogen) atoms. The van der Waals surface area contributed by atoms with Crippen LogP contribution < -0.4 is 10.1 Å². The molecule has 2 aromatic rings. The lowest BCUT2D eigenvalue weighted by molar-refractivity contribution is 0.400. The predicted octanol–water partition coefficient (Wildman–Crippen LogP) is 3.06. The van der Waals surface area contributed by atoms with Gasteiger partial charge in [-0.1, -0.05) is 13.0 Å². The highest BCUT2D eigenvalue weighted by Crippen LogP contribution is 2.31. The Morgan fingerprint density at radius 1 is 1.43 bits per heavy atom. The van der Waals surface area contributed by atoms with E-state index in [0.717, 1.165) is 29.8 Å². The number of halogens is 1. The van der Waals surface area contributed by atoms with Crippen molar-refractivity contribution in [3.05, 3.63) is 47.0 Å². The van der Waals surface area contributed by atoms with Crippen molar-refractivity contribution in [3.8, 4) is 5.75 Å². The van der Waals surface area contributed by atoms with Crippen LogP contribution in [0.4, 0.5) is 4.39 Å². The molecule has 5 heteroatoms. The largest absolute Gasteiger partial charge is 0.493 e. The molecular weight excluding hydrogens is 269 g/mol. The Kier molecular flexibility index (Phi) is 4.96. The average Bonchev–Trinajstić information content (AvgIpc) is 2.87. The van der Waals surface area contributed by atoms with Gasteiger partial charge in [0.25, 0.3) is 0 Å². The summed E-state index contributed by atoms with van der Waals surface area (Å²) in [6, 6.07) is 4.68. The Morgan fingerprint density at radius 2 is 2.19 bits per heavy atom. The Balaban J connectivity index is 2.55. The maximum Gasteiger partial charge on any atom is 0.161 e. The Morgan fingerprint density at radius 3 is 2.81 bits per heavy atom. The first-order chi connectivity index (χ1) is 10.1. The van der Waals surface area contributed by atoms with Crippen molar-refractivity contribution in [2.75, 3.05) is 14.2 Å². The summed E-state index contributed by atoms with van der Waals surface area (Å²) < 4.78 is 21.0. The van der Waals surface area contributed by atoms with Crippen molar-refractivity contribution in [3.63, 3.8) is 0 Å². The number of benzene rings is 1. The highest BCUT2D eigenvalue weighted by atomic mass is 19.1. The van der Waals surface area contributed by atoms with Crippen molar-refractivity contribution in [2.24, 2.45) is 0 Å². The maximum atomic E-state index is 13.6. The molecule has 1 unspecified atom stereocenters. The lowest BCUT2D eigenvalue weighted by Gasteiger charge is -2.21. The zero-order valence-corrected chi connectivity index (χ0v) is 13.0. The van der Waals surface area contributed by atoms with E-state index in [4.69, 9.17) is 4.74 Å². The van der Waals surface area contributed by atoms with Crippen LogP contribution in [0.1, 0.15) is 36.2 Å². The van der Waals surface area contributed by atoms with Crippen LogP contribution in [0.3, 0.4) is 0 Å². The molecule has 0 aliphatic rings. The van der Waals surface area contributed by atoms with Gasteiger partial charge in [-0.2, -0.15) is 5.10 Å². The molecule has 1 heterocycles. The summed E-state index contributed by atoms with van der Waals surface area (Å²) in [5.41, 5.74) is 2.85. The molecule has 2 rings (SSSR count). The van der Waals surface area contributed by atoms with Crippen LogP contribution in [0.2, 0.25) is 0 Å². The number of nitrogens with one attached hydrogen (secondary N) is 1. The maximum absolute atomic E-state index is 13.6. The number of rotatable bonds is 6. The van der Waals surface area contributed by atoms with Gasteiger partial charge in [-0.15, -0.1) is 0 Å². The number of hydrogen-bond donors (Lipinski definition) is 1. The van der Waals surface area contributed by atoms with Gasteiger partial charge in [0.05, 0.1) is 19.3 Å². The molecule has 0 amide bonds. The quantitative estimate of drug-likeness (QED) is 0.889. The molecule has 1 aromatic carbocycles. The molecule has 0 spiro atoms. The third-order valence-electron chi connectivity index (χ3n) is 3.61. The zero-order chi connectivity index (χ0) is 15.4. The summed E-state index contributed by atoms with van der Waals surface area (Å²) in [6.45, 7) is 4.87. The molecule has 0 aliphatic heterocycles. The minimum absolute atomic E-state index is 0.162. The monoisotopic (exact) mass is 291 g/mol. The molecule has 1 N–H and O–H groups in total. The molecule has 0 radical (unpaired) electrons. The summed E-state index contributed by atoms with van der Waals surface area (Å²) in [7, 11) is 3.49. The molecule has 0 aliphatic carbocycles. The highest BCUT2D eigenvalue weighted by Gasteiger charge is 2.23. The first-order valence-corrected chi connectivity index (χ1v) is 7.15. The molecule has 0 bridgehead atoms. The molecule has 1 atom stereocenters. The van der Waals surface area contributed by atoms with E-state index in [0.29, 0.717) is 5.75 Å².